The Kier molecular flexibility index (Phi) is 7.48. The number of amides is 1. The zero-order chi connectivity index (χ0) is 23.1. The van der Waals surface area contributed by atoms with E-state index in [-0.39, 0.29) is 40.2 Å². The lowest BCUT2D eigenvalue weighted by atomic mass is 10.0. The summed E-state index contributed by atoms with van der Waals surface area (Å²) in [5.74, 6) is -0.396. The van der Waals surface area contributed by atoms with E-state index in [1.165, 1.54) is 25.3 Å². The van der Waals surface area contributed by atoms with Crippen molar-refractivity contribution < 1.29 is 18.7 Å². The van der Waals surface area contributed by atoms with Crippen LogP contribution in [0, 0.1) is 24.1 Å². The van der Waals surface area contributed by atoms with E-state index in [4.69, 9.17) is 21.1 Å². The molecule has 0 unspecified atom stereocenters. The highest BCUT2D eigenvalue weighted by atomic mass is 35.5. The van der Waals surface area contributed by atoms with Crippen molar-refractivity contribution in [3.63, 3.8) is 0 Å². The van der Waals surface area contributed by atoms with E-state index in [0.717, 1.165) is 5.56 Å². The summed E-state index contributed by atoms with van der Waals surface area (Å²) in [6.45, 7) is 1.68. The predicted octanol–water partition coefficient (Wildman–Crippen LogP) is 5.88. The molecule has 162 valence electrons. The van der Waals surface area contributed by atoms with Gasteiger partial charge in [0.1, 0.15) is 5.82 Å². The lowest BCUT2D eigenvalue weighted by Gasteiger charge is -2.14. The summed E-state index contributed by atoms with van der Waals surface area (Å²) in [6, 6.07) is 18.5. The van der Waals surface area contributed by atoms with Crippen molar-refractivity contribution in [2.45, 2.75) is 6.92 Å². The molecule has 0 fully saturated rings. The molecule has 1 amide bonds. The molecule has 32 heavy (non-hydrogen) atoms. The summed E-state index contributed by atoms with van der Waals surface area (Å²) in [4.78, 5) is 12.2. The lowest BCUT2D eigenvalue weighted by molar-refractivity contribution is -0.118. The summed E-state index contributed by atoms with van der Waals surface area (Å²) >= 11 is 6.36. The van der Waals surface area contributed by atoms with Gasteiger partial charge in [-0.15, -0.1) is 0 Å². The first-order chi connectivity index (χ1) is 15.4. The maximum Gasteiger partial charge on any atom is 0.262 e. The molecule has 3 rings (SSSR count). The molecule has 7 heteroatoms. The van der Waals surface area contributed by atoms with Crippen LogP contribution in [0.15, 0.2) is 60.7 Å². The highest BCUT2D eigenvalue weighted by Crippen LogP contribution is 2.37. The van der Waals surface area contributed by atoms with Crippen LogP contribution in [0.5, 0.6) is 11.5 Å². The highest BCUT2D eigenvalue weighted by Gasteiger charge is 2.15. The number of benzene rings is 3. The van der Waals surface area contributed by atoms with Crippen LogP contribution in [0.4, 0.5) is 10.1 Å². The standard InChI is InChI=1S/C25H20ClFN2O3/c1-16-7-9-19(10-8-16)29-24(30)15-32-25-21(26)12-17(13-23(25)31-2)11-18(14-28)20-5-3-4-6-22(20)27/h3-13H,15H2,1-2H3,(H,29,30). The van der Waals surface area contributed by atoms with Gasteiger partial charge in [-0.1, -0.05) is 47.5 Å². The van der Waals surface area contributed by atoms with Gasteiger partial charge in [-0.2, -0.15) is 5.26 Å². The van der Waals surface area contributed by atoms with Crippen LogP contribution >= 0.6 is 11.6 Å². The number of rotatable bonds is 7. The number of nitrogens with one attached hydrogen (secondary N) is 1. The maximum atomic E-state index is 14.1. The first-order valence-electron chi connectivity index (χ1n) is 9.65. The number of methoxy groups -OCH3 is 1. The average molecular weight is 451 g/mol. The van der Waals surface area contributed by atoms with Gasteiger partial charge in [-0.05, 0) is 48.9 Å². The second-order valence-corrected chi connectivity index (χ2v) is 7.29. The van der Waals surface area contributed by atoms with E-state index >= 15 is 0 Å². The number of halogens is 2. The topological polar surface area (TPSA) is 71.3 Å². The van der Waals surface area contributed by atoms with Crippen LogP contribution in [-0.4, -0.2) is 19.6 Å². The molecule has 0 aromatic heterocycles. The van der Waals surface area contributed by atoms with Gasteiger partial charge in [0.05, 0.1) is 23.8 Å². The van der Waals surface area contributed by atoms with Crippen molar-refractivity contribution in [3.8, 4) is 17.6 Å². The molecule has 1 N–H and O–H groups in total. The number of hydrogen-bond acceptors (Lipinski definition) is 4. The molecular formula is C25H20ClFN2O3. The van der Waals surface area contributed by atoms with Crippen molar-refractivity contribution in [1.82, 2.24) is 0 Å². The number of aryl methyl sites for hydroxylation is 1. The lowest BCUT2D eigenvalue weighted by Crippen LogP contribution is -2.20. The first kappa shape index (κ1) is 22.9. The second kappa shape index (κ2) is 10.5. The van der Waals surface area contributed by atoms with Crippen molar-refractivity contribution in [2.75, 3.05) is 19.0 Å². The van der Waals surface area contributed by atoms with Gasteiger partial charge in [0, 0.05) is 11.3 Å². The molecule has 5 nitrogen and oxygen atoms in total. The molecule has 0 bridgehead atoms. The van der Waals surface area contributed by atoms with E-state index in [0.29, 0.717) is 11.3 Å². The predicted molar refractivity (Wildman–Crippen MR) is 123 cm³/mol. The molecule has 0 saturated carbocycles. The molecule has 3 aromatic carbocycles. The molecule has 0 spiro atoms. The largest absolute Gasteiger partial charge is 0.493 e. The summed E-state index contributed by atoms with van der Waals surface area (Å²) in [5.41, 5.74) is 2.56. The third kappa shape index (κ3) is 5.65. The number of allylic oxidation sites excluding steroid dienone is 1. The normalized spacial score (nSPS) is 10.9. The van der Waals surface area contributed by atoms with E-state index < -0.39 is 5.82 Å². The Morgan fingerprint density at radius 3 is 2.56 bits per heavy atom. The molecular weight excluding hydrogens is 431 g/mol. The number of anilines is 1. The summed E-state index contributed by atoms with van der Waals surface area (Å²) in [6.07, 6.45) is 1.50. The molecule has 0 aliphatic carbocycles. The Morgan fingerprint density at radius 2 is 1.91 bits per heavy atom. The van der Waals surface area contributed by atoms with Crippen molar-refractivity contribution in [3.05, 3.63) is 88.2 Å². The first-order valence-corrected chi connectivity index (χ1v) is 10.0. The fourth-order valence-corrected chi connectivity index (χ4v) is 3.23. The Labute approximate surface area is 190 Å². The van der Waals surface area contributed by atoms with Crippen LogP contribution in [0.3, 0.4) is 0 Å². The number of nitriles is 1. The molecule has 0 aliphatic rings. The van der Waals surface area contributed by atoms with Crippen LogP contribution in [0.1, 0.15) is 16.7 Å². The highest BCUT2D eigenvalue weighted by molar-refractivity contribution is 6.32. The smallest absolute Gasteiger partial charge is 0.262 e. The molecule has 0 radical (unpaired) electrons. The Bertz CT molecular complexity index is 1200. The molecule has 0 heterocycles. The van der Waals surface area contributed by atoms with Crippen LogP contribution in [0.25, 0.3) is 11.6 Å². The number of hydrogen-bond donors (Lipinski definition) is 1. The number of nitrogens with zero attached hydrogens (tertiary/aromatic N) is 1. The fraction of sp³-hybridized carbons (Fsp3) is 0.120. The monoisotopic (exact) mass is 450 g/mol. The van der Waals surface area contributed by atoms with Gasteiger partial charge < -0.3 is 14.8 Å². The van der Waals surface area contributed by atoms with Crippen molar-refractivity contribution in [2.24, 2.45) is 0 Å². The van der Waals surface area contributed by atoms with Crippen molar-refractivity contribution >= 4 is 34.8 Å². The maximum absolute atomic E-state index is 14.1. The van der Waals surface area contributed by atoms with Crippen molar-refractivity contribution in [1.29, 1.82) is 5.26 Å². The fourth-order valence-electron chi connectivity index (χ4n) is 2.95. The third-order valence-electron chi connectivity index (χ3n) is 4.53. The molecule has 0 aliphatic heterocycles. The van der Waals surface area contributed by atoms with Gasteiger partial charge in [-0.25, -0.2) is 4.39 Å². The summed E-state index contributed by atoms with van der Waals surface area (Å²) in [7, 11) is 1.43. The minimum absolute atomic E-state index is 0.132. The van der Waals surface area contributed by atoms with Gasteiger partial charge in [0.15, 0.2) is 18.1 Å². The van der Waals surface area contributed by atoms with E-state index in [2.05, 4.69) is 5.32 Å². The summed E-state index contributed by atoms with van der Waals surface area (Å²) in [5, 5.41) is 12.4. The van der Waals surface area contributed by atoms with Gasteiger partial charge in [-0.3, -0.25) is 4.79 Å². The second-order valence-electron chi connectivity index (χ2n) is 6.89. The molecule has 0 atom stereocenters. The van der Waals surface area contributed by atoms with Crippen LogP contribution in [0.2, 0.25) is 5.02 Å². The van der Waals surface area contributed by atoms with E-state index in [1.807, 2.05) is 25.1 Å². The SMILES string of the molecule is COc1cc(C=C(C#N)c2ccccc2F)cc(Cl)c1OCC(=O)Nc1ccc(C)cc1. The third-order valence-corrected chi connectivity index (χ3v) is 4.81. The summed E-state index contributed by atoms with van der Waals surface area (Å²) < 4.78 is 25.0. The van der Waals surface area contributed by atoms with Crippen LogP contribution in [-0.2, 0) is 4.79 Å². The van der Waals surface area contributed by atoms with Gasteiger partial charge >= 0.3 is 0 Å². The quantitative estimate of drug-likeness (QED) is 0.360. The minimum atomic E-state index is -0.502. The Morgan fingerprint density at radius 1 is 1.19 bits per heavy atom. The zero-order valence-corrected chi connectivity index (χ0v) is 18.2. The number of ether oxygens (including phenoxy) is 2. The Hall–Kier alpha value is -3.82. The van der Waals surface area contributed by atoms with E-state index in [1.54, 1.807) is 36.4 Å². The number of carbonyl (C=O) groups is 1. The van der Waals surface area contributed by atoms with Gasteiger partial charge in [0.2, 0.25) is 0 Å². The van der Waals surface area contributed by atoms with Gasteiger partial charge in [0.25, 0.3) is 5.91 Å². The van der Waals surface area contributed by atoms with E-state index in [9.17, 15) is 14.4 Å². The Balaban J connectivity index is 1.79. The number of carbonyl (C=O) groups excluding carboxylic acids is 1. The zero-order valence-electron chi connectivity index (χ0n) is 17.5. The van der Waals surface area contributed by atoms with Crippen LogP contribution < -0.4 is 14.8 Å². The minimum Gasteiger partial charge on any atom is -0.493 e. The average Bonchev–Trinajstić information content (AvgIpc) is 2.78. The molecule has 3 aromatic rings. The molecule has 0 saturated heterocycles.